The standard InChI is InChI=1S/C13H22N2O4/c1-9-2-3-10(12(16)18-6-4-14)11(8-9)13(17)19-7-5-15/h2-3,9-11H,4-8,14-15H2,1H3. The van der Waals surface area contributed by atoms with Crippen molar-refractivity contribution in [1.82, 2.24) is 0 Å². The lowest BCUT2D eigenvalue weighted by Gasteiger charge is -2.27. The average molecular weight is 270 g/mol. The minimum absolute atomic E-state index is 0.156. The number of esters is 2. The highest BCUT2D eigenvalue weighted by molar-refractivity contribution is 5.84. The third-order valence-corrected chi connectivity index (χ3v) is 3.01. The van der Waals surface area contributed by atoms with Crippen molar-refractivity contribution in [2.45, 2.75) is 13.3 Å². The maximum Gasteiger partial charge on any atom is 0.313 e. The van der Waals surface area contributed by atoms with E-state index < -0.39 is 23.8 Å². The van der Waals surface area contributed by atoms with Crippen molar-refractivity contribution in [3.8, 4) is 0 Å². The molecule has 3 unspecified atom stereocenters. The summed E-state index contributed by atoms with van der Waals surface area (Å²) in [6.45, 7) is 2.84. The summed E-state index contributed by atoms with van der Waals surface area (Å²) in [4.78, 5) is 23.8. The summed E-state index contributed by atoms with van der Waals surface area (Å²) in [6.07, 6.45) is 4.21. The maximum atomic E-state index is 11.9. The molecular formula is C13H22N2O4. The minimum atomic E-state index is -0.590. The Kier molecular flexibility index (Phi) is 6.52. The first kappa shape index (κ1) is 15.7. The molecule has 0 fully saturated rings. The van der Waals surface area contributed by atoms with Gasteiger partial charge in [0.2, 0.25) is 0 Å². The van der Waals surface area contributed by atoms with E-state index in [1.807, 2.05) is 13.0 Å². The summed E-state index contributed by atoms with van der Waals surface area (Å²) in [5.74, 6) is -1.68. The zero-order chi connectivity index (χ0) is 14.3. The van der Waals surface area contributed by atoms with E-state index in [1.54, 1.807) is 6.08 Å². The molecule has 0 aromatic heterocycles. The fraction of sp³-hybridized carbons (Fsp3) is 0.692. The molecule has 19 heavy (non-hydrogen) atoms. The van der Waals surface area contributed by atoms with Gasteiger partial charge in [-0.15, -0.1) is 0 Å². The predicted molar refractivity (Wildman–Crippen MR) is 69.9 cm³/mol. The van der Waals surface area contributed by atoms with Gasteiger partial charge in [0.25, 0.3) is 0 Å². The Labute approximate surface area is 113 Å². The van der Waals surface area contributed by atoms with Crippen molar-refractivity contribution in [3.63, 3.8) is 0 Å². The van der Waals surface area contributed by atoms with Crippen molar-refractivity contribution >= 4 is 11.9 Å². The zero-order valence-electron chi connectivity index (χ0n) is 11.2. The number of rotatable bonds is 6. The highest BCUT2D eigenvalue weighted by atomic mass is 16.5. The van der Waals surface area contributed by atoms with E-state index in [2.05, 4.69) is 0 Å². The molecular weight excluding hydrogens is 248 g/mol. The van der Waals surface area contributed by atoms with E-state index >= 15 is 0 Å². The van der Waals surface area contributed by atoms with Crippen LogP contribution in [0.5, 0.6) is 0 Å². The molecule has 0 saturated heterocycles. The van der Waals surface area contributed by atoms with Gasteiger partial charge in [0.15, 0.2) is 0 Å². The lowest BCUT2D eigenvalue weighted by molar-refractivity contribution is -0.159. The zero-order valence-corrected chi connectivity index (χ0v) is 11.2. The summed E-state index contributed by atoms with van der Waals surface area (Å²) in [7, 11) is 0. The Morgan fingerprint density at radius 3 is 2.26 bits per heavy atom. The van der Waals surface area contributed by atoms with Crippen LogP contribution in [0.25, 0.3) is 0 Å². The number of nitrogens with two attached hydrogens (primary N) is 2. The molecule has 1 aliphatic carbocycles. The van der Waals surface area contributed by atoms with Gasteiger partial charge in [0, 0.05) is 13.1 Å². The second-order valence-corrected chi connectivity index (χ2v) is 4.64. The monoisotopic (exact) mass is 270 g/mol. The summed E-state index contributed by atoms with van der Waals surface area (Å²) < 4.78 is 10.0. The number of allylic oxidation sites excluding steroid dienone is 1. The van der Waals surface area contributed by atoms with Crippen LogP contribution >= 0.6 is 0 Å². The summed E-state index contributed by atoms with van der Waals surface area (Å²) in [5, 5.41) is 0. The van der Waals surface area contributed by atoms with E-state index in [0.29, 0.717) is 6.42 Å². The van der Waals surface area contributed by atoms with Gasteiger partial charge in [-0.1, -0.05) is 19.1 Å². The Balaban J connectivity index is 2.70. The number of carbonyl (C=O) groups is 2. The van der Waals surface area contributed by atoms with Crippen LogP contribution in [0.3, 0.4) is 0 Å². The normalized spacial score (nSPS) is 25.9. The molecule has 3 atom stereocenters. The van der Waals surface area contributed by atoms with Gasteiger partial charge in [-0.3, -0.25) is 9.59 Å². The van der Waals surface area contributed by atoms with E-state index in [0.717, 1.165) is 0 Å². The Morgan fingerprint density at radius 2 is 1.68 bits per heavy atom. The van der Waals surface area contributed by atoms with Gasteiger partial charge in [-0.05, 0) is 12.3 Å². The highest BCUT2D eigenvalue weighted by Gasteiger charge is 2.37. The second-order valence-electron chi connectivity index (χ2n) is 4.64. The molecule has 6 heteroatoms. The average Bonchev–Trinajstić information content (AvgIpc) is 2.41. The van der Waals surface area contributed by atoms with E-state index in [-0.39, 0.29) is 32.2 Å². The third kappa shape index (κ3) is 4.65. The molecule has 108 valence electrons. The summed E-state index contributed by atoms with van der Waals surface area (Å²) in [5.41, 5.74) is 10.6. The molecule has 6 nitrogen and oxygen atoms in total. The largest absolute Gasteiger partial charge is 0.464 e. The molecule has 1 rings (SSSR count). The first-order valence-corrected chi connectivity index (χ1v) is 6.51. The molecule has 0 spiro atoms. The summed E-state index contributed by atoms with van der Waals surface area (Å²) in [6, 6.07) is 0. The lowest BCUT2D eigenvalue weighted by atomic mass is 9.79. The Hall–Kier alpha value is -1.40. The molecule has 4 N–H and O–H groups in total. The molecule has 0 amide bonds. The molecule has 0 aromatic carbocycles. The van der Waals surface area contributed by atoms with Gasteiger partial charge in [0.05, 0.1) is 11.8 Å². The van der Waals surface area contributed by atoms with Crippen LogP contribution in [0.15, 0.2) is 12.2 Å². The van der Waals surface area contributed by atoms with Crippen molar-refractivity contribution in [1.29, 1.82) is 0 Å². The van der Waals surface area contributed by atoms with Crippen molar-refractivity contribution < 1.29 is 19.1 Å². The molecule has 0 saturated carbocycles. The molecule has 0 bridgehead atoms. The minimum Gasteiger partial charge on any atom is -0.464 e. The predicted octanol–water partition coefficient (Wildman–Crippen LogP) is -0.181. The number of hydrogen-bond donors (Lipinski definition) is 2. The van der Waals surface area contributed by atoms with Gasteiger partial charge in [-0.25, -0.2) is 0 Å². The molecule has 0 heterocycles. The van der Waals surface area contributed by atoms with Crippen LogP contribution in [-0.4, -0.2) is 38.2 Å². The van der Waals surface area contributed by atoms with Crippen LogP contribution < -0.4 is 11.5 Å². The van der Waals surface area contributed by atoms with Gasteiger partial charge in [-0.2, -0.15) is 0 Å². The van der Waals surface area contributed by atoms with Crippen molar-refractivity contribution in [2.24, 2.45) is 29.2 Å². The number of ether oxygens (including phenoxy) is 2. The van der Waals surface area contributed by atoms with E-state index in [9.17, 15) is 9.59 Å². The summed E-state index contributed by atoms with van der Waals surface area (Å²) >= 11 is 0. The lowest BCUT2D eigenvalue weighted by Crippen LogP contribution is -2.35. The Morgan fingerprint density at radius 1 is 1.11 bits per heavy atom. The molecule has 1 aliphatic rings. The van der Waals surface area contributed by atoms with Crippen molar-refractivity contribution in [3.05, 3.63) is 12.2 Å². The van der Waals surface area contributed by atoms with Crippen LogP contribution in [0, 0.1) is 17.8 Å². The third-order valence-electron chi connectivity index (χ3n) is 3.01. The van der Waals surface area contributed by atoms with Crippen LogP contribution in [0.4, 0.5) is 0 Å². The number of carbonyl (C=O) groups excluding carboxylic acids is 2. The molecule has 0 radical (unpaired) electrons. The van der Waals surface area contributed by atoms with Gasteiger partial charge in [0.1, 0.15) is 13.2 Å². The highest BCUT2D eigenvalue weighted by Crippen LogP contribution is 2.30. The van der Waals surface area contributed by atoms with E-state index in [1.165, 1.54) is 0 Å². The van der Waals surface area contributed by atoms with Gasteiger partial charge < -0.3 is 20.9 Å². The molecule has 0 aliphatic heterocycles. The first-order valence-electron chi connectivity index (χ1n) is 6.51. The van der Waals surface area contributed by atoms with Crippen LogP contribution in [0.1, 0.15) is 13.3 Å². The SMILES string of the molecule is CC1C=CC(C(=O)OCCN)C(C(=O)OCCN)C1. The second kappa shape index (κ2) is 7.91. The van der Waals surface area contributed by atoms with Crippen molar-refractivity contribution in [2.75, 3.05) is 26.3 Å². The first-order chi connectivity index (χ1) is 9.10. The fourth-order valence-electron chi connectivity index (χ4n) is 2.08. The maximum absolute atomic E-state index is 11.9. The van der Waals surface area contributed by atoms with E-state index in [4.69, 9.17) is 20.9 Å². The Bertz CT molecular complexity index is 344. The van der Waals surface area contributed by atoms with Crippen LogP contribution in [0.2, 0.25) is 0 Å². The fourth-order valence-corrected chi connectivity index (χ4v) is 2.08. The smallest absolute Gasteiger partial charge is 0.313 e. The molecule has 0 aromatic rings. The van der Waals surface area contributed by atoms with Gasteiger partial charge >= 0.3 is 11.9 Å². The topological polar surface area (TPSA) is 105 Å². The quantitative estimate of drug-likeness (QED) is 0.512. The van der Waals surface area contributed by atoms with Crippen LogP contribution in [-0.2, 0) is 19.1 Å². The number of hydrogen-bond acceptors (Lipinski definition) is 6.